The third-order valence-corrected chi connectivity index (χ3v) is 5.08. The molecule has 0 aliphatic carbocycles. The molecule has 0 aliphatic rings. The van der Waals surface area contributed by atoms with Gasteiger partial charge in [-0.25, -0.2) is 0 Å². The molecule has 0 saturated carbocycles. The van der Waals surface area contributed by atoms with Gasteiger partial charge in [0.25, 0.3) is 5.91 Å². The number of nitrogens with zero attached hydrogens (tertiary/aromatic N) is 1. The smallest absolute Gasteiger partial charge is 0.266 e. The highest BCUT2D eigenvalue weighted by atomic mass is 35.5. The summed E-state index contributed by atoms with van der Waals surface area (Å²) in [7, 11) is 0. The van der Waals surface area contributed by atoms with Crippen LogP contribution in [0, 0.1) is 25.2 Å². The van der Waals surface area contributed by atoms with E-state index in [9.17, 15) is 10.1 Å². The van der Waals surface area contributed by atoms with E-state index in [1.807, 2.05) is 32.0 Å². The molecule has 0 aliphatic heterocycles. The van der Waals surface area contributed by atoms with Crippen LogP contribution in [0.3, 0.4) is 0 Å². The molecular formula is C22H16Cl2N2O2. The standard InChI is InChI=1S/C22H16Cl2N2O2/c1-13-6-7-16(10-14(13)2)26-22(27)15(12-25)11-17-8-9-20(28-17)18-4-3-5-19(23)21(18)24/h3-11H,1-2H3,(H,26,27)/b15-11+. The van der Waals surface area contributed by atoms with E-state index in [1.54, 1.807) is 36.4 Å². The summed E-state index contributed by atoms with van der Waals surface area (Å²) in [6, 6.07) is 16.1. The summed E-state index contributed by atoms with van der Waals surface area (Å²) in [5, 5.41) is 12.9. The Kier molecular flexibility index (Phi) is 5.89. The van der Waals surface area contributed by atoms with E-state index in [0.717, 1.165) is 11.1 Å². The fourth-order valence-electron chi connectivity index (χ4n) is 2.58. The van der Waals surface area contributed by atoms with Crippen LogP contribution in [0.5, 0.6) is 0 Å². The van der Waals surface area contributed by atoms with Crippen LogP contribution < -0.4 is 5.32 Å². The minimum Gasteiger partial charge on any atom is -0.457 e. The summed E-state index contributed by atoms with van der Waals surface area (Å²) in [5.74, 6) is 0.341. The van der Waals surface area contributed by atoms with E-state index in [1.165, 1.54) is 6.08 Å². The lowest BCUT2D eigenvalue weighted by Crippen LogP contribution is -2.13. The number of nitriles is 1. The number of halogens is 2. The maximum Gasteiger partial charge on any atom is 0.266 e. The van der Waals surface area contributed by atoms with Crippen LogP contribution in [0.25, 0.3) is 17.4 Å². The number of hydrogen-bond donors (Lipinski definition) is 1. The maximum atomic E-state index is 12.4. The molecule has 1 N–H and O–H groups in total. The number of furan rings is 1. The number of carbonyl (C=O) groups excluding carboxylic acids is 1. The SMILES string of the molecule is Cc1ccc(NC(=O)/C(C#N)=C/c2ccc(-c3cccc(Cl)c3Cl)o2)cc1C. The van der Waals surface area contributed by atoms with Crippen molar-refractivity contribution < 1.29 is 9.21 Å². The summed E-state index contributed by atoms with van der Waals surface area (Å²) in [6.07, 6.45) is 1.39. The third-order valence-electron chi connectivity index (χ3n) is 4.26. The quantitative estimate of drug-likeness (QED) is 0.398. The van der Waals surface area contributed by atoms with Crippen molar-refractivity contribution >= 4 is 40.9 Å². The lowest BCUT2D eigenvalue weighted by molar-refractivity contribution is -0.112. The molecule has 0 fully saturated rings. The van der Waals surface area contributed by atoms with E-state index in [-0.39, 0.29) is 5.57 Å². The van der Waals surface area contributed by atoms with E-state index < -0.39 is 5.91 Å². The van der Waals surface area contributed by atoms with Crippen LogP contribution in [-0.4, -0.2) is 5.91 Å². The first-order valence-electron chi connectivity index (χ1n) is 8.43. The molecule has 0 bridgehead atoms. The predicted octanol–water partition coefficient (Wildman–Crippen LogP) is 6.42. The third kappa shape index (κ3) is 4.28. The van der Waals surface area contributed by atoms with E-state index in [0.29, 0.717) is 32.8 Å². The first-order valence-corrected chi connectivity index (χ1v) is 9.19. The van der Waals surface area contributed by atoms with Crippen molar-refractivity contribution in [1.29, 1.82) is 5.26 Å². The fraction of sp³-hybridized carbons (Fsp3) is 0.0909. The highest BCUT2D eigenvalue weighted by Gasteiger charge is 2.13. The van der Waals surface area contributed by atoms with Gasteiger partial charge in [-0.15, -0.1) is 0 Å². The molecule has 3 aromatic rings. The summed E-state index contributed by atoms with van der Waals surface area (Å²) in [5.41, 5.74) is 3.36. The highest BCUT2D eigenvalue weighted by molar-refractivity contribution is 6.43. The topological polar surface area (TPSA) is 66.0 Å². The van der Waals surface area contributed by atoms with Crippen LogP contribution in [0.15, 0.2) is 58.5 Å². The Morgan fingerprint density at radius 2 is 1.89 bits per heavy atom. The van der Waals surface area contributed by atoms with Crippen LogP contribution in [0.4, 0.5) is 5.69 Å². The summed E-state index contributed by atoms with van der Waals surface area (Å²) < 4.78 is 5.72. The van der Waals surface area contributed by atoms with Crippen LogP contribution in [0.2, 0.25) is 10.0 Å². The highest BCUT2D eigenvalue weighted by Crippen LogP contribution is 2.34. The van der Waals surface area contributed by atoms with E-state index >= 15 is 0 Å². The van der Waals surface area contributed by atoms with Gasteiger partial charge in [-0.3, -0.25) is 4.79 Å². The molecular weight excluding hydrogens is 395 g/mol. The largest absolute Gasteiger partial charge is 0.457 e. The van der Waals surface area contributed by atoms with Gasteiger partial charge in [0.1, 0.15) is 23.2 Å². The number of benzene rings is 2. The zero-order chi connectivity index (χ0) is 20.3. The number of aryl methyl sites for hydroxylation is 2. The van der Waals surface area contributed by atoms with Crippen molar-refractivity contribution in [2.24, 2.45) is 0 Å². The van der Waals surface area contributed by atoms with Crippen LogP contribution in [0.1, 0.15) is 16.9 Å². The van der Waals surface area contributed by atoms with Gasteiger partial charge < -0.3 is 9.73 Å². The second-order valence-electron chi connectivity index (χ2n) is 6.23. The Balaban J connectivity index is 1.84. The van der Waals surface area contributed by atoms with Gasteiger partial charge in [0.2, 0.25) is 0 Å². The molecule has 1 heterocycles. The molecule has 28 heavy (non-hydrogen) atoms. The van der Waals surface area contributed by atoms with Crippen molar-refractivity contribution in [2.75, 3.05) is 5.32 Å². The molecule has 0 saturated heterocycles. The molecule has 3 rings (SSSR count). The molecule has 2 aromatic carbocycles. The number of rotatable bonds is 4. The lowest BCUT2D eigenvalue weighted by Gasteiger charge is -2.07. The molecule has 1 aromatic heterocycles. The number of anilines is 1. The first kappa shape index (κ1) is 19.8. The maximum absolute atomic E-state index is 12.4. The molecule has 6 heteroatoms. The minimum atomic E-state index is -0.510. The summed E-state index contributed by atoms with van der Waals surface area (Å²) in [6.45, 7) is 3.94. The Morgan fingerprint density at radius 1 is 1.11 bits per heavy atom. The van der Waals surface area contributed by atoms with E-state index in [2.05, 4.69) is 5.32 Å². The van der Waals surface area contributed by atoms with Gasteiger partial charge in [0, 0.05) is 17.3 Å². The zero-order valence-corrected chi connectivity index (χ0v) is 16.7. The van der Waals surface area contributed by atoms with E-state index in [4.69, 9.17) is 27.6 Å². The molecule has 0 radical (unpaired) electrons. The Morgan fingerprint density at radius 3 is 2.61 bits per heavy atom. The van der Waals surface area contributed by atoms with Gasteiger partial charge in [0.15, 0.2) is 0 Å². The first-order chi connectivity index (χ1) is 13.4. The van der Waals surface area contributed by atoms with Gasteiger partial charge in [0.05, 0.1) is 10.0 Å². The monoisotopic (exact) mass is 410 g/mol. The lowest BCUT2D eigenvalue weighted by atomic mass is 10.1. The summed E-state index contributed by atoms with van der Waals surface area (Å²) >= 11 is 12.2. The molecule has 0 unspecified atom stereocenters. The Hall–Kier alpha value is -3.00. The number of nitrogens with one attached hydrogen (secondary N) is 1. The fourth-order valence-corrected chi connectivity index (χ4v) is 2.97. The Labute approximate surface area is 173 Å². The van der Waals surface area contributed by atoms with Crippen molar-refractivity contribution in [1.82, 2.24) is 0 Å². The normalized spacial score (nSPS) is 11.2. The second kappa shape index (κ2) is 8.35. The van der Waals surface area contributed by atoms with Gasteiger partial charge in [-0.05, 0) is 61.4 Å². The average molecular weight is 411 g/mol. The molecule has 0 spiro atoms. The van der Waals surface area contributed by atoms with Crippen LogP contribution in [-0.2, 0) is 4.79 Å². The number of carbonyl (C=O) groups is 1. The van der Waals surface area contributed by atoms with Gasteiger partial charge in [-0.2, -0.15) is 5.26 Å². The summed E-state index contributed by atoms with van der Waals surface area (Å²) in [4.78, 5) is 12.4. The van der Waals surface area contributed by atoms with Crippen molar-refractivity contribution in [3.05, 3.63) is 81.0 Å². The second-order valence-corrected chi connectivity index (χ2v) is 7.01. The zero-order valence-electron chi connectivity index (χ0n) is 15.2. The van der Waals surface area contributed by atoms with Crippen molar-refractivity contribution in [3.63, 3.8) is 0 Å². The molecule has 0 atom stereocenters. The average Bonchev–Trinajstić information content (AvgIpc) is 3.13. The van der Waals surface area contributed by atoms with Gasteiger partial charge in [-0.1, -0.05) is 35.3 Å². The minimum absolute atomic E-state index is 0.0729. The van der Waals surface area contributed by atoms with Crippen molar-refractivity contribution in [2.45, 2.75) is 13.8 Å². The van der Waals surface area contributed by atoms with Crippen molar-refractivity contribution in [3.8, 4) is 17.4 Å². The number of hydrogen-bond acceptors (Lipinski definition) is 3. The predicted molar refractivity (Wildman–Crippen MR) is 112 cm³/mol. The Bertz CT molecular complexity index is 1120. The van der Waals surface area contributed by atoms with Crippen LogP contribution >= 0.6 is 23.2 Å². The molecule has 1 amide bonds. The number of amides is 1. The molecule has 140 valence electrons. The van der Waals surface area contributed by atoms with Gasteiger partial charge >= 0.3 is 0 Å². The molecule has 4 nitrogen and oxygen atoms in total.